The van der Waals surface area contributed by atoms with Crippen LogP contribution in [-0.4, -0.2) is 19.0 Å². The average molecular weight is 279 g/mol. The molecule has 0 unspecified atom stereocenters. The molecule has 6 heteroatoms. The molecule has 0 radical (unpaired) electrons. The Labute approximate surface area is 112 Å². The van der Waals surface area contributed by atoms with E-state index >= 15 is 0 Å². The first-order valence-corrected chi connectivity index (χ1v) is 6.17. The average Bonchev–Trinajstić information content (AvgIpc) is 2.86. The number of carbonyl (C=O) groups is 2. The molecule has 2 aromatic rings. The van der Waals surface area contributed by atoms with Crippen LogP contribution < -0.4 is 5.32 Å². The fraction of sp³-hybridized carbons (Fsp3) is 0.0769. The maximum atomic E-state index is 13.0. The Morgan fingerprint density at radius 2 is 2.05 bits per heavy atom. The number of benzene rings is 1. The Bertz CT molecular complexity index is 624. The summed E-state index contributed by atoms with van der Waals surface area (Å²) in [6.07, 6.45) is 0. The summed E-state index contributed by atoms with van der Waals surface area (Å²) in [7, 11) is 1.28. The van der Waals surface area contributed by atoms with Gasteiger partial charge in [-0.3, -0.25) is 4.79 Å². The third-order valence-corrected chi connectivity index (χ3v) is 3.30. The highest BCUT2D eigenvalue weighted by molar-refractivity contribution is 7.18. The van der Waals surface area contributed by atoms with Crippen LogP contribution in [0.15, 0.2) is 36.4 Å². The molecule has 1 amide bonds. The van der Waals surface area contributed by atoms with Crippen LogP contribution in [0.3, 0.4) is 0 Å². The smallest absolute Gasteiger partial charge is 0.348 e. The zero-order valence-corrected chi connectivity index (χ0v) is 10.8. The Balaban J connectivity index is 2.11. The molecule has 0 aliphatic rings. The van der Waals surface area contributed by atoms with Crippen LogP contribution in [0.25, 0.3) is 0 Å². The van der Waals surface area contributed by atoms with Gasteiger partial charge in [-0.2, -0.15) is 0 Å². The Morgan fingerprint density at radius 1 is 1.26 bits per heavy atom. The molecule has 0 saturated heterocycles. The van der Waals surface area contributed by atoms with E-state index in [1.54, 1.807) is 12.1 Å². The van der Waals surface area contributed by atoms with Gasteiger partial charge in [-0.05, 0) is 30.3 Å². The molecule has 1 N–H and O–H groups in total. The van der Waals surface area contributed by atoms with Crippen molar-refractivity contribution in [2.24, 2.45) is 0 Å². The lowest BCUT2D eigenvalue weighted by molar-refractivity contribution is 0.0606. The number of nitrogens with one attached hydrogen (secondary N) is 1. The molecule has 0 atom stereocenters. The minimum absolute atomic E-state index is 0.216. The lowest BCUT2D eigenvalue weighted by atomic mass is 10.2. The molecule has 0 saturated carbocycles. The summed E-state index contributed by atoms with van der Waals surface area (Å²) >= 11 is 1.09. The molecule has 1 aromatic heterocycles. The fourth-order valence-corrected chi connectivity index (χ4v) is 2.25. The van der Waals surface area contributed by atoms with Gasteiger partial charge in [0.25, 0.3) is 5.91 Å². The van der Waals surface area contributed by atoms with Crippen LogP contribution in [-0.2, 0) is 4.74 Å². The monoisotopic (exact) mass is 279 g/mol. The van der Waals surface area contributed by atoms with Crippen LogP contribution in [0.5, 0.6) is 0 Å². The van der Waals surface area contributed by atoms with Crippen molar-refractivity contribution in [1.29, 1.82) is 0 Å². The number of hydrogen-bond acceptors (Lipinski definition) is 4. The molecule has 0 spiro atoms. The van der Waals surface area contributed by atoms with Crippen molar-refractivity contribution in [1.82, 2.24) is 0 Å². The summed E-state index contributed by atoms with van der Waals surface area (Å²) in [5.74, 6) is -1.37. The number of rotatable bonds is 3. The number of thiophene rings is 1. The van der Waals surface area contributed by atoms with E-state index in [2.05, 4.69) is 10.1 Å². The van der Waals surface area contributed by atoms with E-state index in [0.29, 0.717) is 9.88 Å². The van der Waals surface area contributed by atoms with Gasteiger partial charge < -0.3 is 10.1 Å². The minimum Gasteiger partial charge on any atom is -0.465 e. The number of carbonyl (C=O) groups excluding carboxylic acids is 2. The van der Waals surface area contributed by atoms with Crippen LogP contribution in [0.1, 0.15) is 20.0 Å². The van der Waals surface area contributed by atoms with Crippen molar-refractivity contribution in [2.45, 2.75) is 0 Å². The lowest BCUT2D eigenvalue weighted by Gasteiger charge is -2.02. The number of esters is 1. The molecular weight excluding hydrogens is 269 g/mol. The number of hydrogen-bond donors (Lipinski definition) is 1. The first-order valence-electron chi connectivity index (χ1n) is 5.35. The maximum Gasteiger partial charge on any atom is 0.348 e. The Hall–Kier alpha value is -2.21. The standard InChI is InChI=1S/C13H10FNO3S/c1-18-13(17)10-5-6-11(19-10)15-12(16)8-3-2-4-9(14)7-8/h2-7H,1H3,(H,15,16). The number of methoxy groups -OCH3 is 1. The van der Waals surface area contributed by atoms with Crippen molar-refractivity contribution in [3.8, 4) is 0 Å². The molecule has 0 bridgehead atoms. The van der Waals surface area contributed by atoms with E-state index in [9.17, 15) is 14.0 Å². The topological polar surface area (TPSA) is 55.4 Å². The van der Waals surface area contributed by atoms with Gasteiger partial charge in [-0.15, -0.1) is 11.3 Å². The molecule has 0 aliphatic heterocycles. The van der Waals surface area contributed by atoms with Crippen LogP contribution in [0.4, 0.5) is 9.39 Å². The highest BCUT2D eigenvalue weighted by Gasteiger charge is 2.12. The second-order valence-corrected chi connectivity index (χ2v) is 4.70. The maximum absolute atomic E-state index is 13.0. The van der Waals surface area contributed by atoms with E-state index in [1.807, 2.05) is 0 Å². The zero-order chi connectivity index (χ0) is 13.8. The number of ether oxygens (including phenoxy) is 1. The van der Waals surface area contributed by atoms with Crippen LogP contribution >= 0.6 is 11.3 Å². The quantitative estimate of drug-likeness (QED) is 0.879. The summed E-state index contributed by atoms with van der Waals surface area (Å²) in [6, 6.07) is 8.51. The van der Waals surface area contributed by atoms with E-state index < -0.39 is 17.7 Å². The number of amides is 1. The predicted molar refractivity (Wildman–Crippen MR) is 70.0 cm³/mol. The third-order valence-electron chi connectivity index (χ3n) is 2.32. The Morgan fingerprint density at radius 3 is 2.74 bits per heavy atom. The summed E-state index contributed by atoms with van der Waals surface area (Å²) in [4.78, 5) is 23.5. The normalized spacial score (nSPS) is 10.0. The van der Waals surface area contributed by atoms with Gasteiger partial charge in [0.05, 0.1) is 12.1 Å². The lowest BCUT2D eigenvalue weighted by Crippen LogP contribution is -2.10. The van der Waals surface area contributed by atoms with Gasteiger partial charge in [0.1, 0.15) is 10.7 Å². The largest absolute Gasteiger partial charge is 0.465 e. The highest BCUT2D eigenvalue weighted by Crippen LogP contribution is 2.23. The zero-order valence-electron chi connectivity index (χ0n) is 9.98. The Kier molecular flexibility index (Phi) is 3.91. The molecule has 98 valence electrons. The third kappa shape index (κ3) is 3.17. The van der Waals surface area contributed by atoms with Gasteiger partial charge >= 0.3 is 5.97 Å². The molecule has 0 aliphatic carbocycles. The molecule has 1 heterocycles. The van der Waals surface area contributed by atoms with E-state index in [4.69, 9.17) is 0 Å². The number of halogens is 1. The second-order valence-electron chi connectivity index (χ2n) is 3.62. The predicted octanol–water partition coefficient (Wildman–Crippen LogP) is 2.93. The van der Waals surface area contributed by atoms with Gasteiger partial charge in [-0.25, -0.2) is 9.18 Å². The molecular formula is C13H10FNO3S. The van der Waals surface area contributed by atoms with E-state index in [1.165, 1.54) is 25.3 Å². The van der Waals surface area contributed by atoms with Crippen molar-refractivity contribution in [3.05, 3.63) is 52.7 Å². The summed E-state index contributed by atoms with van der Waals surface area (Å²) in [6.45, 7) is 0. The molecule has 1 aromatic carbocycles. The van der Waals surface area contributed by atoms with Gasteiger partial charge in [0, 0.05) is 5.56 Å². The number of anilines is 1. The first kappa shape index (κ1) is 13.2. The van der Waals surface area contributed by atoms with Crippen molar-refractivity contribution >= 4 is 28.2 Å². The van der Waals surface area contributed by atoms with Crippen molar-refractivity contribution in [3.63, 3.8) is 0 Å². The van der Waals surface area contributed by atoms with Gasteiger partial charge in [0.2, 0.25) is 0 Å². The summed E-state index contributed by atoms with van der Waals surface area (Å²) in [5, 5.41) is 3.08. The first-order chi connectivity index (χ1) is 9.10. The van der Waals surface area contributed by atoms with Crippen LogP contribution in [0.2, 0.25) is 0 Å². The fourth-order valence-electron chi connectivity index (χ4n) is 1.43. The van der Waals surface area contributed by atoms with Crippen LogP contribution in [0, 0.1) is 5.82 Å². The van der Waals surface area contributed by atoms with E-state index in [-0.39, 0.29) is 5.56 Å². The second kappa shape index (κ2) is 5.62. The molecule has 4 nitrogen and oxygen atoms in total. The SMILES string of the molecule is COC(=O)c1ccc(NC(=O)c2cccc(F)c2)s1. The van der Waals surface area contributed by atoms with E-state index in [0.717, 1.165) is 17.4 Å². The molecule has 19 heavy (non-hydrogen) atoms. The van der Waals surface area contributed by atoms with Crippen molar-refractivity contribution < 1.29 is 18.7 Å². The molecule has 2 rings (SSSR count). The summed E-state index contributed by atoms with van der Waals surface area (Å²) in [5.41, 5.74) is 0.216. The van der Waals surface area contributed by atoms with Gasteiger partial charge in [0.15, 0.2) is 0 Å². The minimum atomic E-state index is -0.478. The molecule has 0 fully saturated rings. The van der Waals surface area contributed by atoms with Gasteiger partial charge in [-0.1, -0.05) is 6.07 Å². The summed E-state index contributed by atoms with van der Waals surface area (Å²) < 4.78 is 17.5. The van der Waals surface area contributed by atoms with Crippen molar-refractivity contribution in [2.75, 3.05) is 12.4 Å². The highest BCUT2D eigenvalue weighted by atomic mass is 32.1.